The maximum atomic E-state index is 13.1. The highest BCUT2D eigenvalue weighted by atomic mass is 16.2. The van der Waals surface area contributed by atoms with Crippen molar-refractivity contribution < 1.29 is 4.79 Å². The molecule has 0 fully saturated rings. The van der Waals surface area contributed by atoms with Crippen molar-refractivity contribution in [3.8, 4) is 0 Å². The fourth-order valence-electron chi connectivity index (χ4n) is 2.90. The van der Waals surface area contributed by atoms with Gasteiger partial charge in [-0.15, -0.1) is 0 Å². The second kappa shape index (κ2) is 7.70. The van der Waals surface area contributed by atoms with Crippen molar-refractivity contribution in [2.24, 2.45) is 0 Å². The Morgan fingerprint density at radius 2 is 1.73 bits per heavy atom. The molecule has 0 aliphatic rings. The van der Waals surface area contributed by atoms with Crippen molar-refractivity contribution in [2.75, 3.05) is 14.1 Å². The van der Waals surface area contributed by atoms with Gasteiger partial charge >= 0.3 is 0 Å². The van der Waals surface area contributed by atoms with Gasteiger partial charge in [0.2, 0.25) is 0 Å². The first-order valence-corrected chi connectivity index (χ1v) is 8.93. The molecule has 1 aromatic carbocycles. The van der Waals surface area contributed by atoms with Gasteiger partial charge in [0.25, 0.3) is 5.91 Å². The summed E-state index contributed by atoms with van der Waals surface area (Å²) in [6.45, 7) is 5.52. The molecule has 0 aliphatic heterocycles. The van der Waals surface area contributed by atoms with Crippen LogP contribution < -0.4 is 0 Å². The summed E-state index contributed by atoms with van der Waals surface area (Å²) in [5.74, 6) is -0.0512. The van der Waals surface area contributed by atoms with Crippen LogP contribution in [-0.2, 0) is 13.1 Å². The van der Waals surface area contributed by atoms with E-state index < -0.39 is 0 Å². The number of carbonyl (C=O) groups is 1. The van der Waals surface area contributed by atoms with E-state index in [0.717, 1.165) is 16.9 Å². The van der Waals surface area contributed by atoms with Crippen LogP contribution in [0.4, 0.5) is 0 Å². The van der Waals surface area contributed by atoms with Crippen molar-refractivity contribution >= 4 is 11.6 Å². The molecular formula is C21H26N4O. The Morgan fingerprint density at radius 1 is 1.04 bits per heavy atom. The number of aromatic nitrogens is 2. The largest absolute Gasteiger partial charge is 0.336 e. The molecule has 0 aliphatic carbocycles. The van der Waals surface area contributed by atoms with Gasteiger partial charge in [-0.2, -0.15) is 0 Å². The second-order valence-electron chi connectivity index (χ2n) is 6.99. The van der Waals surface area contributed by atoms with Crippen LogP contribution in [0, 0.1) is 0 Å². The maximum Gasteiger partial charge on any atom is 0.274 e. The van der Waals surface area contributed by atoms with Crippen LogP contribution in [0.5, 0.6) is 0 Å². The Bertz CT molecular complexity index is 885. The number of imidazole rings is 1. The molecule has 3 aromatic rings. The van der Waals surface area contributed by atoms with Crippen LogP contribution in [0.3, 0.4) is 0 Å². The molecule has 5 nitrogen and oxygen atoms in total. The molecule has 0 unspecified atom stereocenters. The number of nitrogens with zero attached hydrogens (tertiary/aromatic N) is 4. The first-order chi connectivity index (χ1) is 12.5. The second-order valence-corrected chi connectivity index (χ2v) is 6.99. The summed E-state index contributed by atoms with van der Waals surface area (Å²) in [4.78, 5) is 21.7. The summed E-state index contributed by atoms with van der Waals surface area (Å²) in [5.41, 5.74) is 3.37. The van der Waals surface area contributed by atoms with Crippen LogP contribution in [0.15, 0.2) is 54.7 Å². The average Bonchev–Trinajstić information content (AvgIpc) is 3.00. The molecule has 2 aromatic heterocycles. The first-order valence-electron chi connectivity index (χ1n) is 8.93. The molecular weight excluding hydrogens is 324 g/mol. The van der Waals surface area contributed by atoms with Gasteiger partial charge in [-0.25, -0.2) is 4.98 Å². The third-order valence-corrected chi connectivity index (χ3v) is 4.72. The van der Waals surface area contributed by atoms with Gasteiger partial charge < -0.3 is 9.30 Å². The van der Waals surface area contributed by atoms with Gasteiger partial charge in [-0.1, -0.05) is 36.4 Å². The van der Waals surface area contributed by atoms with E-state index in [1.807, 2.05) is 66.2 Å². The van der Waals surface area contributed by atoms with E-state index in [9.17, 15) is 4.79 Å². The molecule has 0 spiro atoms. The third-order valence-electron chi connectivity index (χ3n) is 4.72. The van der Waals surface area contributed by atoms with Crippen LogP contribution in [0.2, 0.25) is 0 Å². The molecule has 0 radical (unpaired) electrons. The predicted octanol–water partition coefficient (Wildman–Crippen LogP) is 3.45. The SMILES string of the molecule is CC(C)N(C)Cc1c(C(=O)N(C)Cc2ccccc2)nc2ccccn12. The van der Waals surface area contributed by atoms with Crippen molar-refractivity contribution in [2.45, 2.75) is 33.0 Å². The standard InChI is InChI=1S/C21H26N4O/c1-16(2)23(3)15-18-20(22-19-12-8-9-13-25(18)19)21(26)24(4)14-17-10-6-5-7-11-17/h5-13,16H,14-15H2,1-4H3. The molecule has 5 heteroatoms. The monoisotopic (exact) mass is 350 g/mol. The van der Waals surface area contributed by atoms with Crippen molar-refractivity contribution in [3.05, 3.63) is 71.7 Å². The van der Waals surface area contributed by atoms with Crippen molar-refractivity contribution in [1.82, 2.24) is 19.2 Å². The predicted molar refractivity (Wildman–Crippen MR) is 104 cm³/mol. The lowest BCUT2D eigenvalue weighted by molar-refractivity contribution is 0.0777. The van der Waals surface area contributed by atoms with Gasteiger partial charge in [-0.05, 0) is 38.6 Å². The lowest BCUT2D eigenvalue weighted by atomic mass is 10.2. The number of hydrogen-bond donors (Lipinski definition) is 0. The van der Waals surface area contributed by atoms with Crippen LogP contribution in [0.1, 0.15) is 35.6 Å². The fraction of sp³-hybridized carbons (Fsp3) is 0.333. The fourth-order valence-corrected chi connectivity index (χ4v) is 2.90. The molecule has 2 heterocycles. The van der Waals surface area contributed by atoms with E-state index in [4.69, 9.17) is 0 Å². The maximum absolute atomic E-state index is 13.1. The number of carbonyl (C=O) groups excluding carboxylic acids is 1. The van der Waals surface area contributed by atoms with Gasteiger partial charge in [0.1, 0.15) is 5.65 Å². The summed E-state index contributed by atoms with van der Waals surface area (Å²) < 4.78 is 2.02. The smallest absolute Gasteiger partial charge is 0.274 e. The van der Waals surface area contributed by atoms with Crippen LogP contribution in [0.25, 0.3) is 5.65 Å². The highest BCUT2D eigenvalue weighted by molar-refractivity contribution is 5.94. The van der Waals surface area contributed by atoms with E-state index in [1.54, 1.807) is 4.90 Å². The zero-order chi connectivity index (χ0) is 18.7. The van der Waals surface area contributed by atoms with E-state index in [-0.39, 0.29) is 5.91 Å². The third kappa shape index (κ3) is 3.78. The van der Waals surface area contributed by atoms with E-state index in [0.29, 0.717) is 24.8 Å². The summed E-state index contributed by atoms with van der Waals surface area (Å²) in [6.07, 6.45) is 1.97. The molecule has 3 rings (SSSR count). The lowest BCUT2D eigenvalue weighted by Crippen LogP contribution is -2.30. The minimum atomic E-state index is -0.0512. The Balaban J connectivity index is 1.93. The number of pyridine rings is 1. The Labute approximate surface area is 154 Å². The summed E-state index contributed by atoms with van der Waals surface area (Å²) >= 11 is 0. The van der Waals surface area contributed by atoms with Crippen LogP contribution in [-0.4, -0.2) is 45.2 Å². The van der Waals surface area contributed by atoms with Crippen LogP contribution >= 0.6 is 0 Å². The zero-order valence-corrected chi connectivity index (χ0v) is 15.9. The topological polar surface area (TPSA) is 40.9 Å². The highest BCUT2D eigenvalue weighted by Gasteiger charge is 2.23. The number of hydrogen-bond acceptors (Lipinski definition) is 3. The molecule has 0 saturated heterocycles. The van der Waals surface area contributed by atoms with Gasteiger partial charge in [0, 0.05) is 32.4 Å². The number of amides is 1. The van der Waals surface area contributed by atoms with Crippen molar-refractivity contribution in [3.63, 3.8) is 0 Å². The summed E-state index contributed by atoms with van der Waals surface area (Å²) in [5, 5.41) is 0. The minimum absolute atomic E-state index is 0.0512. The Morgan fingerprint density at radius 3 is 2.42 bits per heavy atom. The molecule has 26 heavy (non-hydrogen) atoms. The van der Waals surface area contributed by atoms with Gasteiger partial charge in [0.15, 0.2) is 5.69 Å². The number of benzene rings is 1. The average molecular weight is 350 g/mol. The van der Waals surface area contributed by atoms with Gasteiger partial charge in [0.05, 0.1) is 5.69 Å². The van der Waals surface area contributed by atoms with Gasteiger partial charge in [-0.3, -0.25) is 9.69 Å². The molecule has 0 atom stereocenters. The molecule has 1 amide bonds. The Hall–Kier alpha value is -2.66. The minimum Gasteiger partial charge on any atom is -0.336 e. The Kier molecular flexibility index (Phi) is 5.38. The summed E-state index contributed by atoms with van der Waals surface area (Å²) in [6, 6.07) is 16.2. The molecule has 136 valence electrons. The number of rotatable bonds is 6. The van der Waals surface area contributed by atoms with Crippen molar-refractivity contribution in [1.29, 1.82) is 0 Å². The van der Waals surface area contributed by atoms with E-state index >= 15 is 0 Å². The first kappa shape index (κ1) is 18.1. The number of fused-ring (bicyclic) bond motifs is 1. The molecule has 0 N–H and O–H groups in total. The highest BCUT2D eigenvalue weighted by Crippen LogP contribution is 2.18. The lowest BCUT2D eigenvalue weighted by Gasteiger charge is -2.22. The normalized spacial score (nSPS) is 11.5. The van der Waals surface area contributed by atoms with E-state index in [1.165, 1.54) is 0 Å². The zero-order valence-electron chi connectivity index (χ0n) is 15.9. The quantitative estimate of drug-likeness (QED) is 0.684. The molecule has 0 saturated carbocycles. The molecule has 0 bridgehead atoms. The summed E-state index contributed by atoms with van der Waals surface area (Å²) in [7, 11) is 3.89. The van der Waals surface area contributed by atoms with E-state index in [2.05, 4.69) is 30.8 Å².